The van der Waals surface area contributed by atoms with E-state index in [1.807, 2.05) is 0 Å². The summed E-state index contributed by atoms with van der Waals surface area (Å²) in [7, 11) is -3.51. The van der Waals surface area contributed by atoms with Crippen LogP contribution in [0.5, 0.6) is 0 Å². The topological polar surface area (TPSA) is 164 Å². The number of carbonyl (C=O) groups is 1. The highest BCUT2D eigenvalue weighted by atomic mass is 32.3. The Labute approximate surface area is 128 Å². The minimum atomic E-state index is -4.86. The van der Waals surface area contributed by atoms with Crippen LogP contribution in [-0.2, 0) is 34.2 Å². The van der Waals surface area contributed by atoms with Crippen LogP contribution in [-0.4, -0.2) is 63.3 Å². The number of ether oxygens (including phenoxy) is 1. The Morgan fingerprint density at radius 1 is 1.32 bits per heavy atom. The van der Waals surface area contributed by atoms with Gasteiger partial charge < -0.3 is 9.84 Å². The Morgan fingerprint density at radius 3 is 2.36 bits per heavy atom. The maximum absolute atomic E-state index is 11.0. The van der Waals surface area contributed by atoms with Crippen LogP contribution in [0.2, 0.25) is 5.82 Å². The first-order chi connectivity index (χ1) is 9.89. The minimum Gasteiger partial charge on any atom is -0.497 e. The van der Waals surface area contributed by atoms with Crippen molar-refractivity contribution in [2.75, 3.05) is 12.4 Å². The summed E-state index contributed by atoms with van der Waals surface area (Å²) in [5.74, 6) is -4.73. The highest BCUT2D eigenvalue weighted by Gasteiger charge is 2.36. The monoisotopic (exact) mass is 356 g/mol. The molecule has 3 atom stereocenters. The normalized spacial score (nSPS) is 26.3. The second-order valence-corrected chi connectivity index (χ2v) is 7.09. The molecule has 13 heteroatoms. The molecule has 10 nitrogen and oxygen atoms in total. The first-order valence-electron chi connectivity index (χ1n) is 5.83. The SMILES string of the molecule is [B]C1C(OCCS(=O)(=O)O)=CC(C(=O)O)CC1OS(=O)(=O)O. The molecule has 124 valence electrons. The molecule has 22 heavy (non-hydrogen) atoms. The van der Waals surface area contributed by atoms with Gasteiger partial charge in [0.15, 0.2) is 0 Å². The summed E-state index contributed by atoms with van der Waals surface area (Å²) in [6.45, 7) is -0.525. The van der Waals surface area contributed by atoms with Gasteiger partial charge in [-0.25, -0.2) is 4.18 Å². The number of hydrogen-bond donors (Lipinski definition) is 3. The summed E-state index contributed by atoms with van der Waals surface area (Å²) in [5.41, 5.74) is 0. The maximum Gasteiger partial charge on any atom is 0.397 e. The van der Waals surface area contributed by atoms with Gasteiger partial charge >= 0.3 is 16.4 Å². The van der Waals surface area contributed by atoms with E-state index in [0.29, 0.717) is 0 Å². The van der Waals surface area contributed by atoms with Crippen molar-refractivity contribution in [3.05, 3.63) is 11.8 Å². The quantitative estimate of drug-likeness (QED) is 0.381. The van der Waals surface area contributed by atoms with Crippen molar-refractivity contribution in [3.8, 4) is 0 Å². The van der Waals surface area contributed by atoms with Gasteiger partial charge in [-0.2, -0.15) is 16.8 Å². The molecule has 0 aliphatic heterocycles. The fourth-order valence-electron chi connectivity index (χ4n) is 1.79. The van der Waals surface area contributed by atoms with Crippen molar-refractivity contribution >= 4 is 34.3 Å². The van der Waals surface area contributed by atoms with Crippen LogP contribution < -0.4 is 0 Å². The third-order valence-electron chi connectivity index (χ3n) is 2.75. The molecule has 0 amide bonds. The molecule has 1 rings (SSSR count). The molecule has 3 unspecified atom stereocenters. The lowest BCUT2D eigenvalue weighted by atomic mass is 9.73. The highest BCUT2D eigenvalue weighted by Crippen LogP contribution is 2.34. The number of aliphatic carboxylic acids is 1. The Balaban J connectivity index is 2.89. The smallest absolute Gasteiger partial charge is 0.397 e. The Hall–Kier alpha value is -1.15. The van der Waals surface area contributed by atoms with E-state index in [4.69, 9.17) is 26.8 Å². The first kappa shape index (κ1) is 18.9. The van der Waals surface area contributed by atoms with Crippen molar-refractivity contribution in [1.82, 2.24) is 0 Å². The lowest BCUT2D eigenvalue weighted by Crippen LogP contribution is -2.34. The Morgan fingerprint density at radius 2 is 1.91 bits per heavy atom. The molecule has 0 saturated carbocycles. The maximum atomic E-state index is 11.0. The summed E-state index contributed by atoms with van der Waals surface area (Å²) in [4.78, 5) is 11.0. The molecule has 1 aliphatic carbocycles. The highest BCUT2D eigenvalue weighted by molar-refractivity contribution is 7.85. The van der Waals surface area contributed by atoms with Crippen LogP contribution in [0.15, 0.2) is 11.8 Å². The number of hydrogen-bond acceptors (Lipinski definition) is 7. The van der Waals surface area contributed by atoms with Gasteiger partial charge in [-0.15, -0.1) is 0 Å². The molecule has 0 aromatic carbocycles. The fraction of sp³-hybridized carbons (Fsp3) is 0.667. The number of rotatable bonds is 7. The molecule has 0 fully saturated rings. The first-order valence-corrected chi connectivity index (χ1v) is 8.80. The summed E-state index contributed by atoms with van der Waals surface area (Å²) in [6.07, 6.45) is -0.649. The average Bonchev–Trinajstić information content (AvgIpc) is 2.30. The van der Waals surface area contributed by atoms with E-state index in [1.165, 1.54) is 0 Å². The molecule has 1 aliphatic rings. The van der Waals surface area contributed by atoms with Gasteiger partial charge in [0.1, 0.15) is 12.4 Å². The van der Waals surface area contributed by atoms with Crippen molar-refractivity contribution in [1.29, 1.82) is 0 Å². The van der Waals surface area contributed by atoms with E-state index in [0.717, 1.165) is 6.08 Å². The van der Waals surface area contributed by atoms with Gasteiger partial charge in [-0.05, 0) is 12.5 Å². The summed E-state index contributed by atoms with van der Waals surface area (Å²) in [5, 5.41) is 8.97. The van der Waals surface area contributed by atoms with Crippen LogP contribution in [0, 0.1) is 5.92 Å². The van der Waals surface area contributed by atoms with E-state index in [9.17, 15) is 21.6 Å². The van der Waals surface area contributed by atoms with E-state index in [1.54, 1.807) is 0 Å². The van der Waals surface area contributed by atoms with Crippen LogP contribution in [0.4, 0.5) is 0 Å². The van der Waals surface area contributed by atoms with Crippen LogP contribution in [0.25, 0.3) is 0 Å². The van der Waals surface area contributed by atoms with Gasteiger partial charge in [-0.3, -0.25) is 13.9 Å². The molecule has 0 aromatic heterocycles. The summed E-state index contributed by atoms with van der Waals surface area (Å²) >= 11 is 0. The van der Waals surface area contributed by atoms with Gasteiger partial charge in [0.2, 0.25) is 0 Å². The second-order valence-electron chi connectivity index (χ2n) is 4.47. The molecule has 0 spiro atoms. The van der Waals surface area contributed by atoms with Crippen LogP contribution >= 0.6 is 0 Å². The van der Waals surface area contributed by atoms with Crippen LogP contribution in [0.3, 0.4) is 0 Å². The lowest BCUT2D eigenvalue weighted by Gasteiger charge is -2.31. The third-order valence-corrected chi connectivity index (χ3v) is 3.93. The van der Waals surface area contributed by atoms with E-state index >= 15 is 0 Å². The van der Waals surface area contributed by atoms with Crippen molar-refractivity contribution in [3.63, 3.8) is 0 Å². The molecular weight excluding hydrogens is 343 g/mol. The second kappa shape index (κ2) is 6.96. The van der Waals surface area contributed by atoms with Crippen molar-refractivity contribution in [2.24, 2.45) is 5.92 Å². The predicted molar refractivity (Wildman–Crippen MR) is 72.1 cm³/mol. The van der Waals surface area contributed by atoms with E-state index in [-0.39, 0.29) is 12.2 Å². The average molecular weight is 356 g/mol. The third kappa shape index (κ3) is 6.31. The zero-order valence-electron chi connectivity index (χ0n) is 11.0. The van der Waals surface area contributed by atoms with Gasteiger partial charge in [0.05, 0.1) is 25.6 Å². The molecule has 0 aromatic rings. The van der Waals surface area contributed by atoms with Gasteiger partial charge in [-0.1, -0.05) is 0 Å². The molecule has 0 heterocycles. The van der Waals surface area contributed by atoms with E-state index in [2.05, 4.69) is 4.18 Å². The minimum absolute atomic E-state index is 0.212. The van der Waals surface area contributed by atoms with Gasteiger partial charge in [0, 0.05) is 5.82 Å². The lowest BCUT2D eigenvalue weighted by molar-refractivity contribution is -0.141. The van der Waals surface area contributed by atoms with Crippen molar-refractivity contribution in [2.45, 2.75) is 18.3 Å². The summed E-state index contributed by atoms with van der Waals surface area (Å²) < 4.78 is 69.1. The zero-order valence-corrected chi connectivity index (χ0v) is 12.7. The van der Waals surface area contributed by atoms with E-state index < -0.39 is 56.7 Å². The number of carboxylic acid groups (broad SMARTS) is 1. The number of carboxylic acids is 1. The molecule has 0 saturated heterocycles. The Kier molecular flexibility index (Phi) is 5.98. The molecule has 3 N–H and O–H groups in total. The summed E-state index contributed by atoms with van der Waals surface area (Å²) in [6, 6.07) is 0. The predicted octanol–water partition coefficient (Wildman–Crippen LogP) is -0.976. The fourth-order valence-corrected chi connectivity index (χ4v) is 2.60. The zero-order chi connectivity index (χ0) is 17.1. The van der Waals surface area contributed by atoms with Gasteiger partial charge in [0.25, 0.3) is 10.1 Å². The van der Waals surface area contributed by atoms with Crippen molar-refractivity contribution < 1.29 is 44.8 Å². The largest absolute Gasteiger partial charge is 0.497 e. The standard InChI is InChI=1S/C9H13BO10S2/c10-8-6(19-1-2-21(13,14)15)3-5(9(11)12)4-7(8)20-22(16,17)18/h3,5,7-8H,1-2,4H2,(H,11,12)(H,13,14,15)(H,16,17,18). The molecule has 0 bridgehead atoms. The molecule has 2 radical (unpaired) electrons. The van der Waals surface area contributed by atoms with Crippen LogP contribution in [0.1, 0.15) is 6.42 Å². The molecular formula is C9H13BO10S2. The Bertz CT molecular complexity index is 652.